The lowest BCUT2D eigenvalue weighted by Crippen LogP contribution is -2.13. The van der Waals surface area contributed by atoms with Crippen molar-refractivity contribution >= 4 is 21.5 Å². The standard InChI is InChI=1S/C14H13FN2O4S/c1-2-22(20,21)11-7-10(16)13(14(18)19)17-12(11)8-3-5-9(15)6-4-8/h3-7H,2,16H2,1H3,(H,18,19). The number of carboxylic acids is 1. The molecule has 1 aromatic heterocycles. The summed E-state index contributed by atoms with van der Waals surface area (Å²) in [5.41, 5.74) is 5.11. The van der Waals surface area contributed by atoms with Crippen LogP contribution in [0.2, 0.25) is 0 Å². The first-order chi connectivity index (χ1) is 10.3. The van der Waals surface area contributed by atoms with E-state index in [1.807, 2.05) is 0 Å². The highest BCUT2D eigenvalue weighted by atomic mass is 32.2. The summed E-state index contributed by atoms with van der Waals surface area (Å²) in [6.07, 6.45) is 0. The number of aromatic carboxylic acids is 1. The number of nitrogens with zero attached hydrogens (tertiary/aromatic N) is 1. The number of nitrogen functional groups attached to an aromatic ring is 1. The maximum atomic E-state index is 13.0. The lowest BCUT2D eigenvalue weighted by Gasteiger charge is -2.12. The van der Waals surface area contributed by atoms with E-state index in [4.69, 9.17) is 10.8 Å². The van der Waals surface area contributed by atoms with Crippen molar-refractivity contribution in [3.63, 3.8) is 0 Å². The smallest absolute Gasteiger partial charge is 0.356 e. The third-order valence-electron chi connectivity index (χ3n) is 3.05. The third kappa shape index (κ3) is 2.91. The first-order valence-electron chi connectivity index (χ1n) is 6.28. The molecule has 0 unspecified atom stereocenters. The number of hydrogen-bond acceptors (Lipinski definition) is 5. The molecule has 0 aliphatic carbocycles. The van der Waals surface area contributed by atoms with Crippen LogP contribution in [0, 0.1) is 5.82 Å². The predicted octanol–water partition coefficient (Wildman–Crippen LogP) is 1.96. The maximum absolute atomic E-state index is 13.0. The largest absolute Gasteiger partial charge is 0.476 e. The lowest BCUT2D eigenvalue weighted by molar-refractivity contribution is 0.0691. The number of rotatable bonds is 4. The number of nitrogens with two attached hydrogens (primary N) is 1. The van der Waals surface area contributed by atoms with Gasteiger partial charge in [0.05, 0.1) is 22.0 Å². The highest BCUT2D eigenvalue weighted by Crippen LogP contribution is 2.29. The van der Waals surface area contributed by atoms with Crippen LogP contribution in [0.25, 0.3) is 11.3 Å². The van der Waals surface area contributed by atoms with Gasteiger partial charge in [0, 0.05) is 5.56 Å². The second-order valence-electron chi connectivity index (χ2n) is 4.49. The Morgan fingerprint density at radius 1 is 1.32 bits per heavy atom. The van der Waals surface area contributed by atoms with Crippen LogP contribution >= 0.6 is 0 Å². The van der Waals surface area contributed by atoms with Gasteiger partial charge in [0.15, 0.2) is 15.5 Å². The fourth-order valence-corrected chi connectivity index (χ4v) is 2.96. The van der Waals surface area contributed by atoms with Crippen LogP contribution in [-0.2, 0) is 9.84 Å². The number of carbonyl (C=O) groups is 1. The van der Waals surface area contributed by atoms with Gasteiger partial charge in [-0.05, 0) is 30.3 Å². The fourth-order valence-electron chi connectivity index (χ4n) is 1.89. The molecule has 0 spiro atoms. The normalized spacial score (nSPS) is 11.4. The molecule has 2 aromatic rings. The summed E-state index contributed by atoms with van der Waals surface area (Å²) in [5.74, 6) is -2.08. The minimum absolute atomic E-state index is 0.0616. The van der Waals surface area contributed by atoms with E-state index in [1.165, 1.54) is 19.1 Å². The van der Waals surface area contributed by atoms with Gasteiger partial charge in [0.2, 0.25) is 0 Å². The third-order valence-corrected chi connectivity index (χ3v) is 4.79. The van der Waals surface area contributed by atoms with Crippen LogP contribution in [0.1, 0.15) is 17.4 Å². The van der Waals surface area contributed by atoms with E-state index in [0.717, 1.165) is 18.2 Å². The van der Waals surface area contributed by atoms with Crippen molar-refractivity contribution in [3.8, 4) is 11.3 Å². The fraction of sp³-hybridized carbons (Fsp3) is 0.143. The number of pyridine rings is 1. The number of hydrogen-bond donors (Lipinski definition) is 2. The highest BCUT2D eigenvalue weighted by Gasteiger charge is 2.23. The van der Waals surface area contributed by atoms with E-state index in [2.05, 4.69) is 4.98 Å². The minimum Gasteiger partial charge on any atom is -0.476 e. The Balaban J connectivity index is 2.81. The molecule has 3 N–H and O–H groups in total. The molecule has 116 valence electrons. The van der Waals surface area contributed by atoms with Gasteiger partial charge in [-0.15, -0.1) is 0 Å². The van der Waals surface area contributed by atoms with Crippen molar-refractivity contribution in [3.05, 3.63) is 41.8 Å². The van der Waals surface area contributed by atoms with Gasteiger partial charge in [0.1, 0.15) is 5.82 Å². The van der Waals surface area contributed by atoms with Gasteiger partial charge >= 0.3 is 5.97 Å². The number of benzene rings is 1. The summed E-state index contributed by atoms with van der Waals surface area (Å²) in [5, 5.41) is 9.08. The molecule has 0 saturated carbocycles. The van der Waals surface area contributed by atoms with Gasteiger partial charge in [-0.3, -0.25) is 0 Å². The molecule has 8 heteroatoms. The number of halogens is 1. The van der Waals surface area contributed by atoms with Crippen molar-refractivity contribution in [2.24, 2.45) is 0 Å². The summed E-state index contributed by atoms with van der Waals surface area (Å²) >= 11 is 0. The van der Waals surface area contributed by atoms with Crippen LogP contribution in [-0.4, -0.2) is 30.2 Å². The molecule has 0 amide bonds. The predicted molar refractivity (Wildman–Crippen MR) is 78.7 cm³/mol. The Morgan fingerprint density at radius 2 is 1.91 bits per heavy atom. The first kappa shape index (κ1) is 15.9. The number of sulfone groups is 1. The Morgan fingerprint density at radius 3 is 2.41 bits per heavy atom. The van der Waals surface area contributed by atoms with Crippen molar-refractivity contribution in [2.75, 3.05) is 11.5 Å². The quantitative estimate of drug-likeness (QED) is 0.889. The minimum atomic E-state index is -3.68. The second kappa shape index (κ2) is 5.72. The SMILES string of the molecule is CCS(=O)(=O)c1cc(N)c(C(=O)O)nc1-c1ccc(F)cc1. The molecule has 0 radical (unpaired) electrons. The molecule has 1 heterocycles. The molecule has 0 atom stereocenters. The Bertz CT molecular complexity index is 833. The molecule has 2 rings (SSSR count). The van der Waals surface area contributed by atoms with Crippen LogP contribution < -0.4 is 5.73 Å². The maximum Gasteiger partial charge on any atom is 0.356 e. The van der Waals surface area contributed by atoms with Crippen LogP contribution in [0.15, 0.2) is 35.2 Å². The number of anilines is 1. The first-order valence-corrected chi connectivity index (χ1v) is 7.94. The second-order valence-corrected chi connectivity index (χ2v) is 6.74. The van der Waals surface area contributed by atoms with Crippen molar-refractivity contribution in [2.45, 2.75) is 11.8 Å². The van der Waals surface area contributed by atoms with Crippen LogP contribution in [0.3, 0.4) is 0 Å². The Kier molecular flexibility index (Phi) is 4.14. The van der Waals surface area contributed by atoms with Crippen molar-refractivity contribution < 1.29 is 22.7 Å². The number of carboxylic acid groups (broad SMARTS) is 1. The molecule has 6 nitrogen and oxygen atoms in total. The van der Waals surface area contributed by atoms with Gasteiger partial charge in [0.25, 0.3) is 0 Å². The summed E-state index contributed by atoms with van der Waals surface area (Å²) in [4.78, 5) is 14.8. The molecule has 22 heavy (non-hydrogen) atoms. The zero-order chi connectivity index (χ0) is 16.5. The Hall–Kier alpha value is -2.48. The molecule has 0 saturated heterocycles. The van der Waals surface area contributed by atoms with Gasteiger partial charge < -0.3 is 10.8 Å². The molecular weight excluding hydrogens is 311 g/mol. The van der Waals surface area contributed by atoms with E-state index in [-0.39, 0.29) is 27.6 Å². The zero-order valence-electron chi connectivity index (χ0n) is 11.6. The van der Waals surface area contributed by atoms with Gasteiger partial charge in [-0.2, -0.15) is 0 Å². The molecule has 0 aliphatic heterocycles. The summed E-state index contributed by atoms with van der Waals surface area (Å²) in [7, 11) is -3.68. The van der Waals surface area contributed by atoms with E-state index in [9.17, 15) is 17.6 Å². The number of aromatic nitrogens is 1. The topological polar surface area (TPSA) is 110 Å². The molecule has 0 fully saturated rings. The molecule has 1 aromatic carbocycles. The van der Waals surface area contributed by atoms with Crippen LogP contribution in [0.5, 0.6) is 0 Å². The lowest BCUT2D eigenvalue weighted by atomic mass is 10.1. The summed E-state index contributed by atoms with van der Waals surface area (Å²) in [6, 6.07) is 6.00. The van der Waals surface area contributed by atoms with E-state index in [0.29, 0.717) is 0 Å². The average molecular weight is 324 g/mol. The molecule has 0 bridgehead atoms. The summed E-state index contributed by atoms with van der Waals surface area (Å²) in [6.45, 7) is 1.45. The monoisotopic (exact) mass is 324 g/mol. The van der Waals surface area contributed by atoms with E-state index >= 15 is 0 Å². The zero-order valence-corrected chi connectivity index (χ0v) is 12.4. The van der Waals surface area contributed by atoms with Crippen molar-refractivity contribution in [1.82, 2.24) is 4.98 Å². The molecular formula is C14H13FN2O4S. The van der Waals surface area contributed by atoms with E-state index in [1.54, 1.807) is 0 Å². The molecule has 0 aliphatic rings. The summed E-state index contributed by atoms with van der Waals surface area (Å²) < 4.78 is 37.4. The van der Waals surface area contributed by atoms with Gasteiger partial charge in [-0.25, -0.2) is 22.6 Å². The van der Waals surface area contributed by atoms with Gasteiger partial charge in [-0.1, -0.05) is 6.92 Å². The highest BCUT2D eigenvalue weighted by molar-refractivity contribution is 7.91. The Labute approximate surface area is 126 Å². The van der Waals surface area contributed by atoms with E-state index < -0.39 is 27.3 Å². The average Bonchev–Trinajstić information content (AvgIpc) is 2.47. The van der Waals surface area contributed by atoms with Crippen LogP contribution in [0.4, 0.5) is 10.1 Å². The van der Waals surface area contributed by atoms with Crippen molar-refractivity contribution in [1.29, 1.82) is 0 Å².